The number of nitrogens with zero attached hydrogens (tertiary/aromatic N) is 2. The second-order valence-electron chi connectivity index (χ2n) is 13.4. The molecule has 4 aliphatic rings. The summed E-state index contributed by atoms with van der Waals surface area (Å²) in [4.78, 5) is 10.7. The van der Waals surface area contributed by atoms with E-state index >= 15 is 0 Å². The molecule has 0 N–H and O–H groups in total. The number of fused-ring (bicyclic) bond motifs is 2. The number of allylic oxidation sites excluding steroid dienone is 8. The van der Waals surface area contributed by atoms with Crippen molar-refractivity contribution in [3.8, 4) is 0 Å². The Labute approximate surface area is 305 Å². The molecule has 2 saturated carbocycles. The molecular formula is C36H56N2Si2Zr2+2. The molecule has 0 aliphatic heterocycles. The van der Waals surface area contributed by atoms with Gasteiger partial charge in [0.15, 0.2) is 0 Å². The van der Waals surface area contributed by atoms with E-state index in [0.29, 0.717) is 0 Å². The molecule has 0 saturated heterocycles. The largest absolute Gasteiger partial charge is 4.00 e. The number of rotatable bonds is 7. The van der Waals surface area contributed by atoms with Crippen LogP contribution in [0.5, 0.6) is 0 Å². The maximum absolute atomic E-state index is 5.33. The van der Waals surface area contributed by atoms with Crippen molar-refractivity contribution in [2.75, 3.05) is 0 Å². The van der Waals surface area contributed by atoms with Gasteiger partial charge in [-0.05, 0) is 48.6 Å². The zero-order valence-corrected chi connectivity index (χ0v) is 36.0. The molecule has 0 heterocycles. The topological polar surface area (TPSA) is 28.2 Å². The molecule has 2 nitrogen and oxygen atoms in total. The monoisotopic (exact) mass is 752 g/mol. The standard InChI is InChI=1S/C32H44N2Si2.4CH3.2Zr/c1-31(2,3)33-35(7,8)29-21-23(25-15-11-13-17-27(25)29)19-20-24-22-30(28-18-14-12-16-26(24)28)36(9,10)34-32(4,5)6;;;;;;/h11-18,21-22H,19-20H2,1-10H3;4*1H3;;/q-2;4*-1;2*+4. The Morgan fingerprint density at radius 3 is 1.02 bits per heavy atom. The molecule has 0 aromatic heterocycles. The van der Waals surface area contributed by atoms with Crippen molar-refractivity contribution in [2.24, 2.45) is 0 Å². The van der Waals surface area contributed by atoms with Crippen molar-refractivity contribution in [3.63, 3.8) is 0 Å². The van der Waals surface area contributed by atoms with Gasteiger partial charge in [-0.2, -0.15) is 0 Å². The van der Waals surface area contributed by atoms with Crippen LogP contribution in [0.3, 0.4) is 0 Å². The minimum atomic E-state index is -1.94. The molecule has 0 unspecified atom stereocenters. The summed E-state index contributed by atoms with van der Waals surface area (Å²) in [6, 6.07) is 0. The van der Waals surface area contributed by atoms with Gasteiger partial charge in [0.25, 0.3) is 0 Å². The van der Waals surface area contributed by atoms with Crippen molar-refractivity contribution in [1.82, 2.24) is 0 Å². The third kappa shape index (κ3) is 11.4. The maximum Gasteiger partial charge on any atom is 4.00 e. The van der Waals surface area contributed by atoms with Crippen LogP contribution in [0.15, 0.2) is 48.6 Å². The minimum Gasteiger partial charge on any atom is -0.659 e. The molecule has 224 valence electrons. The molecule has 0 aromatic carbocycles. The molecule has 6 heteroatoms. The third-order valence-corrected chi connectivity index (χ3v) is 12.9. The van der Waals surface area contributed by atoms with E-state index in [1.54, 1.807) is 0 Å². The van der Waals surface area contributed by atoms with Crippen LogP contribution in [0.1, 0.15) is 54.4 Å². The van der Waals surface area contributed by atoms with Gasteiger partial charge in [-0.1, -0.05) is 133 Å². The summed E-state index contributed by atoms with van der Waals surface area (Å²) >= 11 is 0. The predicted octanol–water partition coefficient (Wildman–Crippen LogP) is 10.7. The van der Waals surface area contributed by atoms with E-state index in [1.807, 2.05) is 0 Å². The Hall–Kier alpha value is 1.08. The van der Waals surface area contributed by atoms with Gasteiger partial charge in [0.2, 0.25) is 0 Å². The van der Waals surface area contributed by atoms with Crippen molar-refractivity contribution < 1.29 is 52.4 Å². The summed E-state index contributed by atoms with van der Waals surface area (Å²) in [5, 5.41) is 0. The fraction of sp³-hybridized carbons (Fsp3) is 0.389. The molecule has 4 rings (SSSR count). The SMILES string of the molecule is CC(C)(C)[N-][Si](C)(C)[C]1[CH][C](CC[C]2[CH][C]([Si](C)(C)[N-]C(C)(C)C)[C]3C=CC=C[C]23)[C]2C=CC=C[C]21.[CH3-].[CH3-].[CH3-].[CH3-].[Zr+4].[Zr+4]. The quantitative estimate of drug-likeness (QED) is 0.183. The molecular weight excluding hydrogens is 699 g/mol. The van der Waals surface area contributed by atoms with E-state index in [9.17, 15) is 0 Å². The molecule has 10 radical (unpaired) electrons. The van der Waals surface area contributed by atoms with Gasteiger partial charge in [-0.25, -0.2) is 0 Å². The van der Waals surface area contributed by atoms with Gasteiger partial charge in [0.05, 0.1) is 0 Å². The second-order valence-corrected chi connectivity index (χ2v) is 21.2. The van der Waals surface area contributed by atoms with Crippen LogP contribution in [-0.2, 0) is 52.4 Å². The second kappa shape index (κ2) is 17.8. The number of hydrogen-bond donors (Lipinski definition) is 0. The summed E-state index contributed by atoms with van der Waals surface area (Å²) in [6.45, 7) is 22.9. The number of hydrogen-bond acceptors (Lipinski definition) is 0. The normalized spacial score (nSPS) is 20.9. The molecule has 0 amide bonds. The minimum absolute atomic E-state index is 0. The molecule has 42 heavy (non-hydrogen) atoms. The van der Waals surface area contributed by atoms with E-state index in [1.165, 1.54) is 46.6 Å². The van der Waals surface area contributed by atoms with Gasteiger partial charge in [-0.15, -0.1) is 11.1 Å². The molecule has 0 atom stereocenters. The van der Waals surface area contributed by atoms with Crippen molar-refractivity contribution in [1.29, 1.82) is 0 Å². The summed E-state index contributed by atoms with van der Waals surface area (Å²) in [7, 11) is -3.87. The Morgan fingerprint density at radius 2 is 0.762 bits per heavy atom. The Balaban J connectivity index is -0.00000253. The van der Waals surface area contributed by atoms with Crippen LogP contribution in [-0.4, -0.2) is 27.5 Å². The zero-order valence-electron chi connectivity index (χ0n) is 29.1. The zero-order chi connectivity index (χ0) is 26.5. The summed E-state index contributed by atoms with van der Waals surface area (Å²) in [5.41, 5.74) is 2.92. The summed E-state index contributed by atoms with van der Waals surface area (Å²) in [5.74, 6) is 8.56. The van der Waals surface area contributed by atoms with E-state index < -0.39 is 16.5 Å². The average molecular weight is 755 g/mol. The van der Waals surface area contributed by atoms with Crippen LogP contribution in [0.2, 0.25) is 26.2 Å². The molecule has 0 bridgehead atoms. The average Bonchev–Trinajstić information content (AvgIpc) is 3.28. The van der Waals surface area contributed by atoms with E-state index in [2.05, 4.69) is 129 Å². The van der Waals surface area contributed by atoms with E-state index in [0.717, 1.165) is 12.8 Å². The summed E-state index contributed by atoms with van der Waals surface area (Å²) < 4.78 is 0. The molecule has 0 spiro atoms. The van der Waals surface area contributed by atoms with Gasteiger partial charge in [0, 0.05) is 23.7 Å². The fourth-order valence-electron chi connectivity index (χ4n) is 6.15. The van der Waals surface area contributed by atoms with Crippen LogP contribution < -0.4 is 0 Å². The van der Waals surface area contributed by atoms with Crippen molar-refractivity contribution in [3.05, 3.63) is 148 Å². The Bertz CT molecular complexity index is 836. The first kappa shape index (κ1) is 47.5. The fourth-order valence-corrected chi connectivity index (χ4v) is 12.6. The summed E-state index contributed by atoms with van der Waals surface area (Å²) in [6.07, 6.45) is 25.0. The van der Waals surface area contributed by atoms with Crippen LogP contribution >= 0.6 is 0 Å². The van der Waals surface area contributed by atoms with E-state index in [4.69, 9.17) is 9.96 Å². The van der Waals surface area contributed by atoms with Crippen LogP contribution in [0, 0.1) is 89.1 Å². The van der Waals surface area contributed by atoms with E-state index in [-0.39, 0.29) is 93.2 Å². The van der Waals surface area contributed by atoms with Crippen LogP contribution in [0.25, 0.3) is 9.96 Å². The molecule has 0 aromatic rings. The first-order valence-electron chi connectivity index (χ1n) is 13.4. The van der Waals surface area contributed by atoms with Gasteiger partial charge in [0.1, 0.15) is 0 Å². The van der Waals surface area contributed by atoms with Gasteiger partial charge in [-0.3, -0.25) is 0 Å². The predicted molar refractivity (Wildman–Crippen MR) is 187 cm³/mol. The Kier molecular flexibility index (Phi) is 20.2. The first-order chi connectivity index (χ1) is 16.6. The first-order valence-corrected chi connectivity index (χ1v) is 19.3. The molecule has 4 aliphatic carbocycles. The van der Waals surface area contributed by atoms with Gasteiger partial charge < -0.3 is 39.7 Å². The van der Waals surface area contributed by atoms with Crippen molar-refractivity contribution in [2.45, 2.75) is 91.6 Å². The Morgan fingerprint density at radius 1 is 0.500 bits per heavy atom. The van der Waals surface area contributed by atoms with Gasteiger partial charge >= 0.3 is 52.4 Å². The maximum atomic E-state index is 5.33. The van der Waals surface area contributed by atoms with Crippen molar-refractivity contribution >= 4 is 16.5 Å². The smallest absolute Gasteiger partial charge is 0.659 e. The van der Waals surface area contributed by atoms with Crippen LogP contribution in [0.4, 0.5) is 0 Å². The third-order valence-electron chi connectivity index (χ3n) is 6.98. The molecule has 2 fully saturated rings.